The summed E-state index contributed by atoms with van der Waals surface area (Å²) in [6.07, 6.45) is 0.0618. The molecule has 1 aliphatic heterocycles. The SMILES string of the molecule is COc1cc(Cl)c(NC(=O)[C@@H]2CC(=O)N(c3cccc(NC(C)=O)c3)C2)c(OC)c1. The zero-order chi connectivity index (χ0) is 21.8. The molecule has 0 aliphatic carbocycles. The average molecular weight is 432 g/mol. The van der Waals surface area contributed by atoms with Gasteiger partial charge in [0.15, 0.2) is 0 Å². The summed E-state index contributed by atoms with van der Waals surface area (Å²) < 4.78 is 10.5. The Hall–Kier alpha value is -3.26. The van der Waals surface area contributed by atoms with Crippen LogP contribution in [0.4, 0.5) is 17.1 Å². The number of halogens is 1. The molecule has 0 spiro atoms. The van der Waals surface area contributed by atoms with Crippen molar-refractivity contribution in [2.24, 2.45) is 5.92 Å². The van der Waals surface area contributed by atoms with Gasteiger partial charge in [-0.05, 0) is 18.2 Å². The standard InChI is InChI=1S/C21H22ClN3O5/c1-12(26)23-14-5-4-6-15(8-14)25-11-13(7-19(25)27)21(28)24-20-17(22)9-16(29-2)10-18(20)30-3/h4-6,8-10,13H,7,11H2,1-3H3,(H,23,26)(H,24,28)/t13-/m1/s1. The molecular weight excluding hydrogens is 410 g/mol. The van der Waals surface area contributed by atoms with E-state index < -0.39 is 5.92 Å². The zero-order valence-corrected chi connectivity index (χ0v) is 17.6. The number of hydrogen-bond acceptors (Lipinski definition) is 5. The summed E-state index contributed by atoms with van der Waals surface area (Å²) >= 11 is 6.27. The fraction of sp³-hybridized carbons (Fsp3) is 0.286. The Kier molecular flexibility index (Phi) is 6.47. The second kappa shape index (κ2) is 9.04. The Morgan fingerprint density at radius 2 is 1.90 bits per heavy atom. The van der Waals surface area contributed by atoms with Gasteiger partial charge in [-0.1, -0.05) is 17.7 Å². The predicted octanol–water partition coefficient (Wildman–Crippen LogP) is 3.31. The second-order valence-electron chi connectivity index (χ2n) is 6.81. The van der Waals surface area contributed by atoms with E-state index in [2.05, 4.69) is 10.6 Å². The van der Waals surface area contributed by atoms with Crippen molar-refractivity contribution in [2.45, 2.75) is 13.3 Å². The van der Waals surface area contributed by atoms with Gasteiger partial charge < -0.3 is 25.0 Å². The van der Waals surface area contributed by atoms with Crippen LogP contribution in [0.5, 0.6) is 11.5 Å². The van der Waals surface area contributed by atoms with Crippen LogP contribution in [0.3, 0.4) is 0 Å². The van der Waals surface area contributed by atoms with E-state index in [1.54, 1.807) is 36.4 Å². The molecule has 0 aromatic heterocycles. The molecule has 30 heavy (non-hydrogen) atoms. The molecule has 1 heterocycles. The summed E-state index contributed by atoms with van der Waals surface area (Å²) in [6, 6.07) is 10.1. The number of benzene rings is 2. The molecule has 9 heteroatoms. The first-order valence-electron chi connectivity index (χ1n) is 9.22. The van der Waals surface area contributed by atoms with E-state index in [0.717, 1.165) is 0 Å². The molecule has 0 bridgehead atoms. The van der Waals surface area contributed by atoms with E-state index in [1.807, 2.05) is 0 Å². The fourth-order valence-electron chi connectivity index (χ4n) is 3.27. The van der Waals surface area contributed by atoms with Crippen LogP contribution >= 0.6 is 11.6 Å². The molecule has 2 aromatic rings. The summed E-state index contributed by atoms with van der Waals surface area (Å²) in [5.41, 5.74) is 1.51. The monoisotopic (exact) mass is 431 g/mol. The Morgan fingerprint density at radius 3 is 2.57 bits per heavy atom. The molecule has 2 aromatic carbocycles. The van der Waals surface area contributed by atoms with E-state index >= 15 is 0 Å². The highest BCUT2D eigenvalue weighted by Gasteiger charge is 2.35. The van der Waals surface area contributed by atoms with Crippen molar-refractivity contribution in [3.63, 3.8) is 0 Å². The van der Waals surface area contributed by atoms with Crippen LogP contribution in [-0.2, 0) is 14.4 Å². The highest BCUT2D eigenvalue weighted by molar-refractivity contribution is 6.34. The van der Waals surface area contributed by atoms with Gasteiger partial charge in [0, 0.05) is 43.4 Å². The molecule has 1 atom stereocenters. The Balaban J connectivity index is 1.75. The van der Waals surface area contributed by atoms with Crippen molar-refractivity contribution in [2.75, 3.05) is 36.3 Å². The number of amides is 3. The number of ether oxygens (including phenoxy) is 2. The first kappa shape index (κ1) is 21.4. The average Bonchev–Trinajstić information content (AvgIpc) is 3.10. The summed E-state index contributed by atoms with van der Waals surface area (Å²) in [5.74, 6) is -0.433. The van der Waals surface area contributed by atoms with Crippen LogP contribution in [-0.4, -0.2) is 38.5 Å². The Bertz CT molecular complexity index is 995. The third-order valence-corrected chi connectivity index (χ3v) is 5.00. The fourth-order valence-corrected chi connectivity index (χ4v) is 3.52. The molecule has 1 aliphatic rings. The van der Waals surface area contributed by atoms with Crippen molar-refractivity contribution in [3.05, 3.63) is 41.4 Å². The number of methoxy groups -OCH3 is 2. The van der Waals surface area contributed by atoms with Crippen LogP contribution in [0.1, 0.15) is 13.3 Å². The van der Waals surface area contributed by atoms with E-state index in [4.69, 9.17) is 21.1 Å². The summed E-state index contributed by atoms with van der Waals surface area (Å²) in [4.78, 5) is 38.2. The minimum absolute atomic E-state index is 0.0618. The Morgan fingerprint density at radius 1 is 1.13 bits per heavy atom. The zero-order valence-electron chi connectivity index (χ0n) is 16.8. The van der Waals surface area contributed by atoms with Crippen molar-refractivity contribution >= 4 is 46.4 Å². The topological polar surface area (TPSA) is 97.0 Å². The number of nitrogens with zero attached hydrogens (tertiary/aromatic N) is 1. The minimum Gasteiger partial charge on any atom is -0.497 e. The molecule has 8 nitrogen and oxygen atoms in total. The lowest BCUT2D eigenvalue weighted by Gasteiger charge is -2.18. The highest BCUT2D eigenvalue weighted by Crippen LogP contribution is 2.37. The maximum atomic E-state index is 12.8. The number of carbonyl (C=O) groups is 3. The van der Waals surface area contributed by atoms with E-state index in [-0.39, 0.29) is 35.7 Å². The molecule has 3 rings (SSSR count). The lowest BCUT2D eigenvalue weighted by Crippen LogP contribution is -2.28. The second-order valence-corrected chi connectivity index (χ2v) is 7.22. The molecule has 158 valence electrons. The van der Waals surface area contributed by atoms with Crippen LogP contribution in [0.25, 0.3) is 0 Å². The van der Waals surface area contributed by atoms with E-state index in [1.165, 1.54) is 26.0 Å². The van der Waals surface area contributed by atoms with Crippen LogP contribution in [0.2, 0.25) is 5.02 Å². The number of carbonyl (C=O) groups excluding carboxylic acids is 3. The number of hydrogen-bond donors (Lipinski definition) is 2. The van der Waals surface area contributed by atoms with Crippen molar-refractivity contribution in [1.29, 1.82) is 0 Å². The highest BCUT2D eigenvalue weighted by atomic mass is 35.5. The van der Waals surface area contributed by atoms with Gasteiger partial charge in [0.1, 0.15) is 17.2 Å². The van der Waals surface area contributed by atoms with Crippen LogP contribution in [0.15, 0.2) is 36.4 Å². The maximum Gasteiger partial charge on any atom is 0.229 e. The summed E-state index contributed by atoms with van der Waals surface area (Å²) in [6.45, 7) is 1.62. The van der Waals surface area contributed by atoms with Crippen molar-refractivity contribution in [1.82, 2.24) is 0 Å². The molecule has 0 radical (unpaired) electrons. The number of anilines is 3. The smallest absolute Gasteiger partial charge is 0.229 e. The molecule has 1 fully saturated rings. The van der Waals surface area contributed by atoms with Gasteiger partial charge in [-0.3, -0.25) is 14.4 Å². The van der Waals surface area contributed by atoms with Crippen molar-refractivity contribution < 1.29 is 23.9 Å². The molecule has 2 N–H and O–H groups in total. The van der Waals surface area contributed by atoms with Crippen LogP contribution < -0.4 is 25.0 Å². The molecule has 3 amide bonds. The minimum atomic E-state index is -0.565. The molecule has 0 unspecified atom stereocenters. The summed E-state index contributed by atoms with van der Waals surface area (Å²) in [7, 11) is 2.96. The normalized spacial score (nSPS) is 15.7. The largest absolute Gasteiger partial charge is 0.497 e. The number of nitrogens with one attached hydrogen (secondary N) is 2. The first-order chi connectivity index (χ1) is 14.3. The lowest BCUT2D eigenvalue weighted by atomic mass is 10.1. The third-order valence-electron chi connectivity index (χ3n) is 4.71. The van der Waals surface area contributed by atoms with Gasteiger partial charge in [-0.2, -0.15) is 0 Å². The summed E-state index contributed by atoms with van der Waals surface area (Å²) in [5, 5.41) is 5.72. The van der Waals surface area contributed by atoms with Gasteiger partial charge >= 0.3 is 0 Å². The first-order valence-corrected chi connectivity index (χ1v) is 9.60. The van der Waals surface area contributed by atoms with Gasteiger partial charge in [-0.25, -0.2) is 0 Å². The molecule has 1 saturated heterocycles. The Labute approximate surface area is 179 Å². The quantitative estimate of drug-likeness (QED) is 0.731. The van der Waals surface area contributed by atoms with Crippen LogP contribution in [0, 0.1) is 5.92 Å². The van der Waals surface area contributed by atoms with Gasteiger partial charge in [0.05, 0.1) is 25.2 Å². The van der Waals surface area contributed by atoms with E-state index in [9.17, 15) is 14.4 Å². The van der Waals surface area contributed by atoms with Crippen molar-refractivity contribution in [3.8, 4) is 11.5 Å². The predicted molar refractivity (Wildman–Crippen MR) is 114 cm³/mol. The van der Waals surface area contributed by atoms with Gasteiger partial charge in [0.2, 0.25) is 17.7 Å². The van der Waals surface area contributed by atoms with Gasteiger partial charge in [0.25, 0.3) is 0 Å². The van der Waals surface area contributed by atoms with E-state index in [0.29, 0.717) is 28.6 Å². The number of rotatable bonds is 6. The van der Waals surface area contributed by atoms with Gasteiger partial charge in [-0.15, -0.1) is 0 Å². The molecule has 0 saturated carbocycles. The lowest BCUT2D eigenvalue weighted by molar-refractivity contribution is -0.122. The molecular formula is C21H22ClN3O5. The maximum absolute atomic E-state index is 12.8. The third kappa shape index (κ3) is 4.65.